The summed E-state index contributed by atoms with van der Waals surface area (Å²) in [4.78, 5) is 26.0. The fourth-order valence-corrected chi connectivity index (χ4v) is 3.97. The van der Waals surface area contributed by atoms with Crippen LogP contribution in [0.3, 0.4) is 0 Å². The quantitative estimate of drug-likeness (QED) is 0.544. The molecule has 0 bridgehead atoms. The van der Waals surface area contributed by atoms with E-state index in [1.165, 1.54) is 0 Å². The van der Waals surface area contributed by atoms with Gasteiger partial charge in [0.25, 0.3) is 0 Å². The minimum absolute atomic E-state index is 0.121. The van der Waals surface area contributed by atoms with Gasteiger partial charge in [-0.15, -0.1) is 0 Å². The Kier molecular flexibility index (Phi) is 5.93. The summed E-state index contributed by atoms with van der Waals surface area (Å²) in [6.45, 7) is 5.97. The van der Waals surface area contributed by atoms with E-state index < -0.39 is 12.0 Å². The van der Waals surface area contributed by atoms with Gasteiger partial charge in [-0.25, -0.2) is 15.0 Å². The highest BCUT2D eigenvalue weighted by atomic mass is 35.5. The number of aliphatic hydroxyl groups excluding tert-OH is 1. The molecule has 3 aromatic rings. The summed E-state index contributed by atoms with van der Waals surface area (Å²) in [5.74, 6) is -0.416. The number of rotatable bonds is 6. The number of aromatic nitrogens is 4. The molecule has 0 saturated carbocycles. The minimum atomic E-state index is -0.619. The van der Waals surface area contributed by atoms with Gasteiger partial charge >= 0.3 is 0 Å². The molecule has 0 spiro atoms. The molecular formula is C22H25ClN6O2. The average molecular weight is 441 g/mol. The van der Waals surface area contributed by atoms with Crippen molar-refractivity contribution in [3.05, 3.63) is 65.0 Å². The lowest BCUT2D eigenvalue weighted by molar-refractivity contribution is -0.121. The Morgan fingerprint density at radius 2 is 2.00 bits per heavy atom. The first-order valence-electron chi connectivity index (χ1n) is 10.2. The van der Waals surface area contributed by atoms with Crippen molar-refractivity contribution in [1.29, 1.82) is 0 Å². The highest BCUT2D eigenvalue weighted by Crippen LogP contribution is 2.31. The van der Waals surface area contributed by atoms with E-state index in [1.807, 2.05) is 48.9 Å². The number of nitrogens with zero attached hydrogens (tertiary/aromatic N) is 4. The lowest BCUT2D eigenvalue weighted by Crippen LogP contribution is -2.25. The normalized spacial score (nSPS) is 20.4. The number of nitrogens with one attached hydrogen (secondary N) is 2. The Balaban J connectivity index is 1.54. The predicted octanol–water partition coefficient (Wildman–Crippen LogP) is 3.01. The molecule has 1 saturated heterocycles. The zero-order valence-electron chi connectivity index (χ0n) is 17.6. The molecule has 2 aromatic heterocycles. The van der Waals surface area contributed by atoms with Gasteiger partial charge in [0.15, 0.2) is 0 Å². The topological polar surface area (TPSA) is 105 Å². The first-order chi connectivity index (χ1) is 14.8. The first-order valence-corrected chi connectivity index (χ1v) is 10.6. The number of carbonyl (C=O) groups excluding carboxylic acids is 1. The zero-order valence-corrected chi connectivity index (χ0v) is 18.3. The molecule has 1 unspecified atom stereocenters. The van der Waals surface area contributed by atoms with Gasteiger partial charge in [-0.3, -0.25) is 4.79 Å². The Morgan fingerprint density at radius 1 is 1.26 bits per heavy atom. The van der Waals surface area contributed by atoms with Crippen LogP contribution in [0.2, 0.25) is 5.02 Å². The summed E-state index contributed by atoms with van der Waals surface area (Å²) in [5, 5.41) is 16.9. The van der Waals surface area contributed by atoms with Gasteiger partial charge in [0.2, 0.25) is 11.9 Å². The van der Waals surface area contributed by atoms with E-state index in [0.717, 1.165) is 17.1 Å². The van der Waals surface area contributed by atoms with Crippen LogP contribution in [0.1, 0.15) is 42.9 Å². The molecule has 1 aromatic carbocycles. The number of anilines is 1. The smallest absolute Gasteiger partial charge is 0.229 e. The van der Waals surface area contributed by atoms with Gasteiger partial charge in [0, 0.05) is 35.1 Å². The van der Waals surface area contributed by atoms with Crippen molar-refractivity contribution in [1.82, 2.24) is 24.8 Å². The molecule has 3 heterocycles. The molecule has 8 nitrogen and oxygen atoms in total. The number of hydrogen-bond donors (Lipinski definition) is 3. The Morgan fingerprint density at radius 3 is 2.71 bits per heavy atom. The summed E-state index contributed by atoms with van der Waals surface area (Å²) in [6.07, 6.45) is 3.06. The van der Waals surface area contributed by atoms with Crippen molar-refractivity contribution in [3.8, 4) is 5.69 Å². The molecule has 162 valence electrons. The van der Waals surface area contributed by atoms with Crippen LogP contribution in [0, 0.1) is 12.8 Å². The van der Waals surface area contributed by atoms with Crippen molar-refractivity contribution < 1.29 is 9.90 Å². The van der Waals surface area contributed by atoms with Crippen LogP contribution in [0.25, 0.3) is 5.69 Å². The van der Waals surface area contributed by atoms with Crippen molar-refractivity contribution in [2.75, 3.05) is 11.9 Å². The number of aliphatic hydroxyl groups is 1. The number of benzene rings is 1. The van der Waals surface area contributed by atoms with E-state index in [4.69, 9.17) is 11.6 Å². The molecule has 1 fully saturated rings. The van der Waals surface area contributed by atoms with Crippen LogP contribution >= 0.6 is 11.6 Å². The second-order valence-electron chi connectivity index (χ2n) is 7.93. The molecular weight excluding hydrogens is 416 g/mol. The van der Waals surface area contributed by atoms with E-state index >= 15 is 0 Å². The number of imidazole rings is 1. The monoisotopic (exact) mass is 440 g/mol. The molecule has 4 atom stereocenters. The molecule has 9 heteroatoms. The third-order valence-electron chi connectivity index (χ3n) is 5.55. The summed E-state index contributed by atoms with van der Waals surface area (Å²) >= 11 is 5.97. The van der Waals surface area contributed by atoms with Crippen LogP contribution in [-0.2, 0) is 4.79 Å². The third kappa shape index (κ3) is 4.55. The van der Waals surface area contributed by atoms with Crippen molar-refractivity contribution in [2.45, 2.75) is 38.8 Å². The summed E-state index contributed by atoms with van der Waals surface area (Å²) in [5.41, 5.74) is 3.13. The maximum Gasteiger partial charge on any atom is 0.229 e. The minimum Gasteiger partial charge on any atom is -0.393 e. The highest BCUT2D eigenvalue weighted by molar-refractivity contribution is 6.30. The van der Waals surface area contributed by atoms with Gasteiger partial charge in [-0.1, -0.05) is 11.6 Å². The van der Waals surface area contributed by atoms with Crippen molar-refractivity contribution in [3.63, 3.8) is 0 Å². The average Bonchev–Trinajstić information content (AvgIpc) is 3.35. The van der Waals surface area contributed by atoms with Gasteiger partial charge in [0.1, 0.15) is 0 Å². The summed E-state index contributed by atoms with van der Waals surface area (Å²) < 4.78 is 1.92. The molecule has 3 N–H and O–H groups in total. The number of carbonyl (C=O) groups is 1. The molecule has 4 rings (SSSR count). The zero-order chi connectivity index (χ0) is 22.1. The summed E-state index contributed by atoms with van der Waals surface area (Å²) in [6, 6.07) is 9.16. The Bertz CT molecular complexity index is 1080. The SMILES string of the molecule is Cc1cc([C@@H]2C(=O)NCC2[C@@H](C)O)nc(N[C@@H](C)c2cn(-c3ccc(Cl)cc3)cn2)n1. The fraction of sp³-hybridized carbons (Fsp3) is 0.364. The Hall–Kier alpha value is -2.97. The van der Waals surface area contributed by atoms with Gasteiger partial charge in [-0.05, 0) is 51.1 Å². The number of amides is 1. The van der Waals surface area contributed by atoms with Crippen molar-refractivity contribution in [2.24, 2.45) is 5.92 Å². The molecule has 1 amide bonds. The largest absolute Gasteiger partial charge is 0.393 e. The molecule has 1 aliphatic rings. The van der Waals surface area contributed by atoms with Gasteiger partial charge in [-0.2, -0.15) is 0 Å². The lowest BCUT2D eigenvalue weighted by atomic mass is 9.88. The van der Waals surface area contributed by atoms with Gasteiger partial charge in [0.05, 0.1) is 35.8 Å². The first kappa shape index (κ1) is 21.3. The second kappa shape index (κ2) is 8.64. The van der Waals surface area contributed by atoms with Crippen LogP contribution < -0.4 is 10.6 Å². The van der Waals surface area contributed by atoms with E-state index in [9.17, 15) is 9.90 Å². The van der Waals surface area contributed by atoms with Crippen LogP contribution in [0.15, 0.2) is 42.9 Å². The maximum atomic E-state index is 12.4. The fourth-order valence-electron chi connectivity index (χ4n) is 3.84. The molecule has 0 aliphatic carbocycles. The van der Waals surface area contributed by atoms with E-state index in [-0.39, 0.29) is 17.9 Å². The lowest BCUT2D eigenvalue weighted by Gasteiger charge is -2.20. The number of hydrogen-bond acceptors (Lipinski definition) is 6. The van der Waals surface area contributed by atoms with Crippen molar-refractivity contribution >= 4 is 23.5 Å². The second-order valence-corrected chi connectivity index (χ2v) is 8.37. The van der Waals surface area contributed by atoms with Gasteiger partial charge < -0.3 is 20.3 Å². The van der Waals surface area contributed by atoms with E-state index in [2.05, 4.69) is 25.6 Å². The molecule has 0 radical (unpaired) electrons. The summed E-state index contributed by atoms with van der Waals surface area (Å²) in [7, 11) is 0. The third-order valence-corrected chi connectivity index (χ3v) is 5.80. The maximum absolute atomic E-state index is 12.4. The van der Waals surface area contributed by atoms with Crippen LogP contribution in [0.5, 0.6) is 0 Å². The highest BCUT2D eigenvalue weighted by Gasteiger charge is 2.39. The molecule has 31 heavy (non-hydrogen) atoms. The van der Waals surface area contributed by atoms with E-state index in [1.54, 1.807) is 19.3 Å². The predicted molar refractivity (Wildman–Crippen MR) is 118 cm³/mol. The van der Waals surface area contributed by atoms with E-state index in [0.29, 0.717) is 23.2 Å². The Labute approximate surface area is 185 Å². The number of aryl methyl sites for hydroxylation is 1. The molecule has 1 aliphatic heterocycles. The van der Waals surface area contributed by atoms with Crippen LogP contribution in [0.4, 0.5) is 5.95 Å². The number of halogens is 1. The van der Waals surface area contributed by atoms with Crippen LogP contribution in [-0.4, -0.2) is 43.2 Å². The standard InChI is InChI=1S/C22H25ClN6O2/c1-12-8-18(20-17(14(3)30)9-24-21(20)31)28-22(26-12)27-13(2)19-10-29(11-25-19)16-6-4-15(23)5-7-16/h4-8,10-11,13-14,17,20,30H,9H2,1-3H3,(H,24,31)(H,26,27,28)/t13-,14+,17?,20+/m0/s1.